The lowest BCUT2D eigenvalue weighted by Crippen LogP contribution is -2.51. The Morgan fingerprint density at radius 1 is 1.30 bits per heavy atom. The van der Waals surface area contributed by atoms with Crippen molar-refractivity contribution in [3.05, 3.63) is 35.4 Å². The van der Waals surface area contributed by atoms with Gasteiger partial charge in [-0.2, -0.15) is 0 Å². The Kier molecular flexibility index (Phi) is 5.65. The second kappa shape index (κ2) is 7.50. The fourth-order valence-corrected chi connectivity index (χ4v) is 2.59. The van der Waals surface area contributed by atoms with Gasteiger partial charge in [0.2, 0.25) is 5.91 Å². The van der Waals surface area contributed by atoms with Crippen molar-refractivity contribution in [1.82, 2.24) is 4.90 Å². The van der Waals surface area contributed by atoms with Crippen LogP contribution in [0.4, 0.5) is 8.78 Å². The number of amides is 1. The Balaban J connectivity index is 1.84. The van der Waals surface area contributed by atoms with Crippen molar-refractivity contribution in [3.63, 3.8) is 0 Å². The van der Waals surface area contributed by atoms with E-state index in [9.17, 15) is 18.4 Å². The van der Waals surface area contributed by atoms with E-state index in [1.54, 1.807) is 6.92 Å². The number of carboxylic acids is 1. The summed E-state index contributed by atoms with van der Waals surface area (Å²) >= 11 is 0. The predicted molar refractivity (Wildman–Crippen MR) is 77.8 cm³/mol. The van der Waals surface area contributed by atoms with Crippen LogP contribution in [-0.2, 0) is 20.7 Å². The Morgan fingerprint density at radius 2 is 2.04 bits per heavy atom. The van der Waals surface area contributed by atoms with Gasteiger partial charge in [0, 0.05) is 13.0 Å². The number of aryl methyl sites for hydroxylation is 1. The highest BCUT2D eigenvalue weighted by atomic mass is 19.2. The summed E-state index contributed by atoms with van der Waals surface area (Å²) in [7, 11) is 0. The van der Waals surface area contributed by atoms with Gasteiger partial charge in [-0.1, -0.05) is 6.07 Å². The second-order valence-electron chi connectivity index (χ2n) is 5.67. The number of aliphatic carboxylic acids is 1. The first kappa shape index (κ1) is 17.3. The molecule has 1 saturated heterocycles. The van der Waals surface area contributed by atoms with Crippen LogP contribution < -0.4 is 0 Å². The molecule has 2 rings (SSSR count). The van der Waals surface area contributed by atoms with Crippen LogP contribution in [0.25, 0.3) is 0 Å². The summed E-state index contributed by atoms with van der Waals surface area (Å²) in [4.78, 5) is 24.6. The molecule has 0 spiro atoms. The summed E-state index contributed by atoms with van der Waals surface area (Å²) in [5, 5.41) is 9.00. The van der Waals surface area contributed by atoms with Gasteiger partial charge in [-0.15, -0.1) is 0 Å². The van der Waals surface area contributed by atoms with E-state index in [1.165, 1.54) is 11.0 Å². The molecular formula is C16H19F2NO4. The summed E-state index contributed by atoms with van der Waals surface area (Å²) in [6.45, 7) is 2.11. The van der Waals surface area contributed by atoms with Crippen LogP contribution in [0.2, 0.25) is 0 Å². The average molecular weight is 327 g/mol. The molecule has 1 aromatic rings. The van der Waals surface area contributed by atoms with Crippen LogP contribution in [0.15, 0.2) is 18.2 Å². The SMILES string of the molecule is C[C@@H]1CN(C(=O)CCCc2ccc(F)c(F)c2)CC(C(=O)O)O1. The number of rotatable bonds is 5. The van der Waals surface area contributed by atoms with E-state index < -0.39 is 23.7 Å². The zero-order valence-electron chi connectivity index (χ0n) is 12.8. The third kappa shape index (κ3) is 4.72. The molecule has 0 aliphatic carbocycles. The van der Waals surface area contributed by atoms with Gasteiger partial charge in [-0.3, -0.25) is 4.79 Å². The molecule has 1 heterocycles. The molecule has 23 heavy (non-hydrogen) atoms. The van der Waals surface area contributed by atoms with Crippen LogP contribution in [-0.4, -0.2) is 47.2 Å². The molecular weight excluding hydrogens is 308 g/mol. The van der Waals surface area contributed by atoms with Gasteiger partial charge >= 0.3 is 5.97 Å². The lowest BCUT2D eigenvalue weighted by molar-refractivity contribution is -0.166. The summed E-state index contributed by atoms with van der Waals surface area (Å²) in [5.41, 5.74) is 0.621. The number of carbonyl (C=O) groups is 2. The van der Waals surface area contributed by atoms with E-state index in [2.05, 4.69) is 0 Å². The molecule has 1 fully saturated rings. The average Bonchev–Trinajstić information content (AvgIpc) is 2.50. The zero-order valence-corrected chi connectivity index (χ0v) is 12.8. The highest BCUT2D eigenvalue weighted by Crippen LogP contribution is 2.15. The van der Waals surface area contributed by atoms with E-state index in [-0.39, 0.29) is 25.0 Å². The van der Waals surface area contributed by atoms with Crippen LogP contribution >= 0.6 is 0 Å². The highest BCUT2D eigenvalue weighted by Gasteiger charge is 2.32. The fourth-order valence-electron chi connectivity index (χ4n) is 2.59. The quantitative estimate of drug-likeness (QED) is 0.898. The van der Waals surface area contributed by atoms with E-state index in [4.69, 9.17) is 9.84 Å². The largest absolute Gasteiger partial charge is 0.479 e. The smallest absolute Gasteiger partial charge is 0.334 e. The molecule has 0 radical (unpaired) electrons. The van der Waals surface area contributed by atoms with Crippen LogP contribution in [0, 0.1) is 11.6 Å². The van der Waals surface area contributed by atoms with E-state index in [0.717, 1.165) is 12.1 Å². The number of benzene rings is 1. The van der Waals surface area contributed by atoms with Crippen molar-refractivity contribution in [3.8, 4) is 0 Å². The predicted octanol–water partition coefficient (Wildman–Crippen LogP) is 1.99. The molecule has 1 aliphatic heterocycles. The molecule has 5 nitrogen and oxygen atoms in total. The van der Waals surface area contributed by atoms with Gasteiger partial charge in [0.15, 0.2) is 17.7 Å². The first-order valence-electron chi connectivity index (χ1n) is 7.46. The van der Waals surface area contributed by atoms with E-state index >= 15 is 0 Å². The summed E-state index contributed by atoms with van der Waals surface area (Å²) < 4.78 is 31.2. The Morgan fingerprint density at radius 3 is 2.70 bits per heavy atom. The molecule has 0 aromatic heterocycles. The van der Waals surface area contributed by atoms with Gasteiger partial charge in [-0.25, -0.2) is 13.6 Å². The lowest BCUT2D eigenvalue weighted by atomic mass is 10.1. The molecule has 1 N–H and O–H groups in total. The monoisotopic (exact) mass is 327 g/mol. The first-order chi connectivity index (χ1) is 10.9. The van der Waals surface area contributed by atoms with Crippen molar-refractivity contribution >= 4 is 11.9 Å². The second-order valence-corrected chi connectivity index (χ2v) is 5.67. The van der Waals surface area contributed by atoms with Gasteiger partial charge in [0.1, 0.15) is 0 Å². The van der Waals surface area contributed by atoms with Gasteiger partial charge < -0.3 is 14.7 Å². The van der Waals surface area contributed by atoms with Crippen LogP contribution in [0.3, 0.4) is 0 Å². The lowest BCUT2D eigenvalue weighted by Gasteiger charge is -2.35. The number of hydrogen-bond acceptors (Lipinski definition) is 3. The van der Waals surface area contributed by atoms with Gasteiger partial charge in [-0.05, 0) is 37.5 Å². The third-order valence-electron chi connectivity index (χ3n) is 3.73. The Bertz CT molecular complexity index is 593. The normalized spacial score (nSPS) is 21.3. The Labute approximate surface area is 132 Å². The van der Waals surface area contributed by atoms with E-state index in [1.807, 2.05) is 0 Å². The Hall–Kier alpha value is -2.02. The van der Waals surface area contributed by atoms with Crippen molar-refractivity contribution in [2.24, 2.45) is 0 Å². The first-order valence-corrected chi connectivity index (χ1v) is 7.46. The van der Waals surface area contributed by atoms with Crippen molar-refractivity contribution in [2.45, 2.75) is 38.4 Å². The number of carboxylic acid groups (broad SMARTS) is 1. The number of halogens is 2. The highest BCUT2D eigenvalue weighted by molar-refractivity contribution is 5.78. The number of nitrogens with zero attached hydrogens (tertiary/aromatic N) is 1. The topological polar surface area (TPSA) is 66.8 Å². The number of morpholine rings is 1. The van der Waals surface area contributed by atoms with E-state index in [0.29, 0.717) is 24.9 Å². The molecule has 1 amide bonds. The maximum absolute atomic E-state index is 13.1. The maximum atomic E-state index is 13.1. The molecule has 126 valence electrons. The minimum Gasteiger partial charge on any atom is -0.479 e. The van der Waals surface area contributed by atoms with Gasteiger partial charge in [0.05, 0.1) is 12.6 Å². The maximum Gasteiger partial charge on any atom is 0.334 e. The molecule has 7 heteroatoms. The summed E-state index contributed by atoms with van der Waals surface area (Å²) in [6, 6.07) is 3.67. The van der Waals surface area contributed by atoms with Crippen molar-refractivity contribution in [1.29, 1.82) is 0 Å². The van der Waals surface area contributed by atoms with Crippen molar-refractivity contribution in [2.75, 3.05) is 13.1 Å². The van der Waals surface area contributed by atoms with Crippen LogP contribution in [0.5, 0.6) is 0 Å². The number of ether oxygens (including phenoxy) is 1. The fraction of sp³-hybridized carbons (Fsp3) is 0.500. The minimum absolute atomic E-state index is 0.0314. The minimum atomic E-state index is -1.09. The summed E-state index contributed by atoms with van der Waals surface area (Å²) in [6.07, 6.45) is -0.190. The van der Waals surface area contributed by atoms with Crippen molar-refractivity contribution < 1.29 is 28.2 Å². The number of hydrogen-bond donors (Lipinski definition) is 1. The number of carbonyl (C=O) groups excluding carboxylic acids is 1. The molecule has 1 unspecified atom stereocenters. The standard InChI is InChI=1S/C16H19F2NO4/c1-10-8-19(9-14(23-10)16(21)22)15(20)4-2-3-11-5-6-12(17)13(18)7-11/h5-7,10,14H,2-4,8-9H2,1H3,(H,21,22)/t10-,14?/m1/s1. The van der Waals surface area contributed by atoms with Gasteiger partial charge in [0.25, 0.3) is 0 Å². The molecule has 0 bridgehead atoms. The molecule has 2 atom stereocenters. The molecule has 1 aliphatic rings. The third-order valence-corrected chi connectivity index (χ3v) is 3.73. The molecule has 1 aromatic carbocycles. The molecule has 0 saturated carbocycles. The summed E-state index contributed by atoms with van der Waals surface area (Å²) in [5.74, 6) is -3.04. The van der Waals surface area contributed by atoms with Crippen LogP contribution in [0.1, 0.15) is 25.3 Å². The zero-order chi connectivity index (χ0) is 17.0.